The standard InChI is InChI=1S/C15H31NS/c1-4-17-11-7-10-15(12-16-13(2)3)14-8-5-6-9-14/h13-16H,4-12H2,1-3H3. The van der Waals surface area contributed by atoms with Crippen molar-refractivity contribution in [3.8, 4) is 0 Å². The summed E-state index contributed by atoms with van der Waals surface area (Å²) in [4.78, 5) is 0. The first kappa shape index (κ1) is 15.4. The van der Waals surface area contributed by atoms with E-state index in [-0.39, 0.29) is 0 Å². The van der Waals surface area contributed by atoms with Gasteiger partial charge in [-0.15, -0.1) is 0 Å². The predicted octanol–water partition coefficient (Wildman–Crippen LogP) is 4.32. The lowest BCUT2D eigenvalue weighted by Gasteiger charge is -2.25. The van der Waals surface area contributed by atoms with Crippen LogP contribution in [0.15, 0.2) is 0 Å². The summed E-state index contributed by atoms with van der Waals surface area (Å²) in [5, 5.41) is 3.66. The fourth-order valence-electron chi connectivity index (χ4n) is 2.91. The van der Waals surface area contributed by atoms with E-state index < -0.39 is 0 Å². The summed E-state index contributed by atoms with van der Waals surface area (Å²) in [6, 6.07) is 0.643. The Morgan fingerprint density at radius 3 is 2.53 bits per heavy atom. The van der Waals surface area contributed by atoms with Crippen LogP contribution in [0.4, 0.5) is 0 Å². The Hall–Kier alpha value is 0.310. The molecule has 0 spiro atoms. The van der Waals surface area contributed by atoms with Crippen LogP contribution in [-0.4, -0.2) is 24.1 Å². The third-order valence-corrected chi connectivity index (χ3v) is 4.91. The minimum Gasteiger partial charge on any atom is -0.314 e. The Labute approximate surface area is 113 Å². The van der Waals surface area contributed by atoms with E-state index in [2.05, 4.69) is 37.8 Å². The maximum Gasteiger partial charge on any atom is 0.00104 e. The van der Waals surface area contributed by atoms with Gasteiger partial charge in [0.1, 0.15) is 0 Å². The lowest BCUT2D eigenvalue weighted by molar-refractivity contribution is 0.296. The number of thioether (sulfide) groups is 1. The number of hydrogen-bond acceptors (Lipinski definition) is 2. The second-order valence-corrected chi connectivity index (χ2v) is 7.10. The molecular weight excluding hydrogens is 226 g/mol. The van der Waals surface area contributed by atoms with Crippen molar-refractivity contribution in [3.05, 3.63) is 0 Å². The molecule has 102 valence electrons. The van der Waals surface area contributed by atoms with Crippen LogP contribution in [0.3, 0.4) is 0 Å². The molecule has 0 bridgehead atoms. The summed E-state index contributed by atoms with van der Waals surface area (Å²) in [6.07, 6.45) is 8.80. The summed E-state index contributed by atoms with van der Waals surface area (Å²) < 4.78 is 0. The highest BCUT2D eigenvalue weighted by Crippen LogP contribution is 2.33. The SMILES string of the molecule is CCSCCCC(CNC(C)C)C1CCCC1. The summed E-state index contributed by atoms with van der Waals surface area (Å²) in [7, 11) is 0. The molecule has 0 aliphatic heterocycles. The molecule has 0 aromatic heterocycles. The lowest BCUT2D eigenvalue weighted by Crippen LogP contribution is -2.32. The average Bonchev–Trinajstić information content (AvgIpc) is 2.81. The molecule has 1 atom stereocenters. The fourth-order valence-corrected chi connectivity index (χ4v) is 3.57. The van der Waals surface area contributed by atoms with E-state index in [1.807, 2.05) is 0 Å². The zero-order chi connectivity index (χ0) is 12.5. The van der Waals surface area contributed by atoms with Gasteiger partial charge in [-0.2, -0.15) is 11.8 Å². The molecule has 1 unspecified atom stereocenters. The van der Waals surface area contributed by atoms with Gasteiger partial charge in [0, 0.05) is 6.04 Å². The van der Waals surface area contributed by atoms with E-state index in [1.165, 1.54) is 56.6 Å². The van der Waals surface area contributed by atoms with Crippen LogP contribution in [0.1, 0.15) is 59.3 Å². The zero-order valence-corrected chi connectivity index (χ0v) is 12.8. The monoisotopic (exact) mass is 257 g/mol. The van der Waals surface area contributed by atoms with Crippen LogP contribution in [0.5, 0.6) is 0 Å². The normalized spacial score (nSPS) is 19.1. The molecule has 17 heavy (non-hydrogen) atoms. The zero-order valence-electron chi connectivity index (χ0n) is 12.0. The molecule has 1 aliphatic carbocycles. The highest BCUT2D eigenvalue weighted by molar-refractivity contribution is 7.99. The summed E-state index contributed by atoms with van der Waals surface area (Å²) in [6.45, 7) is 8.04. The Morgan fingerprint density at radius 1 is 1.24 bits per heavy atom. The molecule has 0 heterocycles. The number of nitrogens with one attached hydrogen (secondary N) is 1. The molecule has 1 nitrogen and oxygen atoms in total. The first-order valence-corrected chi connectivity index (χ1v) is 8.70. The third-order valence-electron chi connectivity index (χ3n) is 3.92. The summed E-state index contributed by atoms with van der Waals surface area (Å²) in [5.74, 6) is 4.60. The molecule has 1 rings (SSSR count). The average molecular weight is 257 g/mol. The van der Waals surface area contributed by atoms with Crippen LogP contribution in [0.25, 0.3) is 0 Å². The van der Waals surface area contributed by atoms with Gasteiger partial charge >= 0.3 is 0 Å². The van der Waals surface area contributed by atoms with Crippen molar-refractivity contribution in [1.29, 1.82) is 0 Å². The topological polar surface area (TPSA) is 12.0 Å². The van der Waals surface area contributed by atoms with Crippen LogP contribution in [0.2, 0.25) is 0 Å². The Kier molecular flexibility index (Phi) is 8.38. The van der Waals surface area contributed by atoms with Gasteiger partial charge in [0.25, 0.3) is 0 Å². The Bertz CT molecular complexity index is 176. The van der Waals surface area contributed by atoms with Crippen molar-refractivity contribution in [2.75, 3.05) is 18.1 Å². The van der Waals surface area contributed by atoms with E-state index in [0.717, 1.165) is 11.8 Å². The van der Waals surface area contributed by atoms with E-state index in [1.54, 1.807) is 0 Å². The maximum absolute atomic E-state index is 3.66. The molecule has 0 aromatic carbocycles. The van der Waals surface area contributed by atoms with E-state index in [9.17, 15) is 0 Å². The van der Waals surface area contributed by atoms with E-state index >= 15 is 0 Å². The molecule has 0 saturated heterocycles. The molecule has 2 heteroatoms. The number of hydrogen-bond donors (Lipinski definition) is 1. The van der Waals surface area contributed by atoms with Crippen molar-refractivity contribution < 1.29 is 0 Å². The van der Waals surface area contributed by atoms with Crippen molar-refractivity contribution in [2.24, 2.45) is 11.8 Å². The van der Waals surface area contributed by atoms with Crippen molar-refractivity contribution in [1.82, 2.24) is 5.32 Å². The Balaban J connectivity index is 2.24. The van der Waals surface area contributed by atoms with E-state index in [0.29, 0.717) is 6.04 Å². The summed E-state index contributed by atoms with van der Waals surface area (Å²) in [5.41, 5.74) is 0. The lowest BCUT2D eigenvalue weighted by atomic mass is 9.87. The second-order valence-electron chi connectivity index (χ2n) is 5.71. The molecule has 1 aliphatic rings. The van der Waals surface area contributed by atoms with Gasteiger partial charge in [-0.1, -0.05) is 46.5 Å². The van der Waals surface area contributed by atoms with Gasteiger partial charge in [0.2, 0.25) is 0 Å². The third kappa shape index (κ3) is 6.71. The van der Waals surface area contributed by atoms with Crippen LogP contribution in [0, 0.1) is 11.8 Å². The highest BCUT2D eigenvalue weighted by atomic mass is 32.2. The number of rotatable bonds is 9. The van der Waals surface area contributed by atoms with Crippen LogP contribution < -0.4 is 5.32 Å². The smallest absolute Gasteiger partial charge is 0.00104 e. The molecule has 1 fully saturated rings. The molecule has 1 N–H and O–H groups in total. The van der Waals surface area contributed by atoms with Gasteiger partial charge in [0.15, 0.2) is 0 Å². The van der Waals surface area contributed by atoms with Crippen molar-refractivity contribution in [2.45, 2.75) is 65.3 Å². The highest BCUT2D eigenvalue weighted by Gasteiger charge is 2.24. The second kappa shape index (κ2) is 9.27. The largest absolute Gasteiger partial charge is 0.314 e. The molecule has 1 saturated carbocycles. The quantitative estimate of drug-likeness (QED) is 0.617. The molecular formula is C15H31NS. The van der Waals surface area contributed by atoms with Crippen LogP contribution >= 0.6 is 11.8 Å². The molecule has 0 aromatic rings. The van der Waals surface area contributed by atoms with Crippen molar-refractivity contribution >= 4 is 11.8 Å². The van der Waals surface area contributed by atoms with Crippen LogP contribution in [-0.2, 0) is 0 Å². The maximum atomic E-state index is 3.66. The minimum atomic E-state index is 0.643. The molecule has 0 amide bonds. The fraction of sp³-hybridized carbons (Fsp3) is 1.00. The van der Waals surface area contributed by atoms with Crippen molar-refractivity contribution in [3.63, 3.8) is 0 Å². The predicted molar refractivity (Wildman–Crippen MR) is 80.8 cm³/mol. The summed E-state index contributed by atoms with van der Waals surface area (Å²) >= 11 is 2.10. The van der Waals surface area contributed by atoms with Gasteiger partial charge < -0.3 is 5.32 Å². The van der Waals surface area contributed by atoms with E-state index in [4.69, 9.17) is 0 Å². The molecule has 0 radical (unpaired) electrons. The first-order chi connectivity index (χ1) is 8.24. The van der Waals surface area contributed by atoms with Gasteiger partial charge in [0.05, 0.1) is 0 Å². The minimum absolute atomic E-state index is 0.643. The van der Waals surface area contributed by atoms with Gasteiger partial charge in [-0.3, -0.25) is 0 Å². The Morgan fingerprint density at radius 2 is 1.94 bits per heavy atom. The first-order valence-electron chi connectivity index (χ1n) is 7.55. The van der Waals surface area contributed by atoms with Gasteiger partial charge in [-0.05, 0) is 42.7 Å². The van der Waals surface area contributed by atoms with Gasteiger partial charge in [-0.25, -0.2) is 0 Å².